The zero-order valence-electron chi connectivity index (χ0n) is 17.2. The third-order valence-corrected chi connectivity index (χ3v) is 5.43. The van der Waals surface area contributed by atoms with Crippen molar-refractivity contribution in [3.8, 4) is 17.2 Å². The van der Waals surface area contributed by atoms with E-state index in [0.29, 0.717) is 0 Å². The number of benzene rings is 1. The molecule has 33 heavy (non-hydrogen) atoms. The van der Waals surface area contributed by atoms with Gasteiger partial charge in [-0.1, -0.05) is 0 Å². The third kappa shape index (κ3) is 5.13. The number of esters is 1. The molecule has 10 atom stereocenters. The van der Waals surface area contributed by atoms with E-state index in [1.807, 2.05) is 0 Å². The molecule has 9 N–H and O–H groups in total. The second-order valence-corrected chi connectivity index (χ2v) is 7.80. The highest BCUT2D eigenvalue weighted by atomic mass is 16.7. The number of aromatic hydroxyl groups is 3. The van der Waals surface area contributed by atoms with Crippen molar-refractivity contribution in [3.05, 3.63) is 17.7 Å². The van der Waals surface area contributed by atoms with Gasteiger partial charge in [0, 0.05) is 0 Å². The van der Waals surface area contributed by atoms with Gasteiger partial charge in [0.1, 0.15) is 42.7 Å². The lowest BCUT2D eigenvalue weighted by molar-refractivity contribution is -0.321. The number of carbonyl (C=O) groups is 1. The van der Waals surface area contributed by atoms with E-state index in [1.165, 1.54) is 6.92 Å². The summed E-state index contributed by atoms with van der Waals surface area (Å²) in [6.07, 6.45) is -15.6. The second kappa shape index (κ2) is 9.92. The maximum atomic E-state index is 12.3. The van der Waals surface area contributed by atoms with Gasteiger partial charge >= 0.3 is 5.97 Å². The molecule has 0 saturated carbocycles. The quantitative estimate of drug-likeness (QED) is 0.148. The molecule has 0 bridgehead atoms. The van der Waals surface area contributed by atoms with E-state index in [2.05, 4.69) is 0 Å². The van der Waals surface area contributed by atoms with Crippen molar-refractivity contribution in [3.63, 3.8) is 0 Å². The smallest absolute Gasteiger partial charge is 0.340 e. The van der Waals surface area contributed by atoms with Crippen LogP contribution in [-0.4, -0.2) is 120 Å². The SMILES string of the molecule is CC1OC(OCC2OC(OC(=O)c3cc(O)c(O)c(O)c3)C(O)C(O)C2O)C(O)C(O)C1O. The Labute approximate surface area is 186 Å². The van der Waals surface area contributed by atoms with Crippen molar-refractivity contribution >= 4 is 5.97 Å². The lowest BCUT2D eigenvalue weighted by Gasteiger charge is -2.42. The normalized spacial score (nSPS) is 39.2. The Kier molecular flexibility index (Phi) is 7.62. The highest BCUT2D eigenvalue weighted by Crippen LogP contribution is 2.36. The Morgan fingerprint density at radius 2 is 1.36 bits per heavy atom. The Balaban J connectivity index is 1.67. The summed E-state index contributed by atoms with van der Waals surface area (Å²) >= 11 is 0. The number of hydrogen-bond donors (Lipinski definition) is 9. The summed E-state index contributed by atoms with van der Waals surface area (Å²) in [4.78, 5) is 12.3. The average Bonchev–Trinajstić information content (AvgIpc) is 2.78. The molecule has 14 heteroatoms. The summed E-state index contributed by atoms with van der Waals surface area (Å²) in [5.74, 6) is -3.72. The van der Waals surface area contributed by atoms with Crippen LogP contribution in [0.3, 0.4) is 0 Å². The van der Waals surface area contributed by atoms with Crippen LogP contribution in [0.4, 0.5) is 0 Å². The largest absolute Gasteiger partial charge is 0.504 e. The number of phenolic OH excluding ortho intramolecular Hbond substituents is 3. The van der Waals surface area contributed by atoms with Gasteiger partial charge in [0.15, 0.2) is 23.5 Å². The van der Waals surface area contributed by atoms with Gasteiger partial charge in [-0.05, 0) is 19.1 Å². The van der Waals surface area contributed by atoms with Crippen LogP contribution in [0, 0.1) is 0 Å². The summed E-state index contributed by atoms with van der Waals surface area (Å²) < 4.78 is 20.8. The van der Waals surface area contributed by atoms with Crippen molar-refractivity contribution in [1.29, 1.82) is 0 Å². The molecule has 0 radical (unpaired) electrons. The monoisotopic (exact) mass is 478 g/mol. The molecular formula is C19H26O14. The van der Waals surface area contributed by atoms with Crippen LogP contribution in [0.2, 0.25) is 0 Å². The molecule has 2 fully saturated rings. The number of aliphatic hydroxyl groups excluding tert-OH is 6. The molecule has 2 saturated heterocycles. The van der Waals surface area contributed by atoms with Gasteiger partial charge in [-0.25, -0.2) is 4.79 Å². The number of ether oxygens (including phenoxy) is 4. The van der Waals surface area contributed by atoms with E-state index in [-0.39, 0.29) is 0 Å². The molecule has 0 aliphatic carbocycles. The van der Waals surface area contributed by atoms with Gasteiger partial charge in [0.05, 0.1) is 18.3 Å². The summed E-state index contributed by atoms with van der Waals surface area (Å²) in [6, 6.07) is 1.56. The first-order valence-corrected chi connectivity index (χ1v) is 9.89. The van der Waals surface area contributed by atoms with Crippen molar-refractivity contribution in [2.75, 3.05) is 6.61 Å². The van der Waals surface area contributed by atoms with E-state index in [9.17, 15) is 50.8 Å². The van der Waals surface area contributed by atoms with E-state index in [1.54, 1.807) is 0 Å². The Hall–Kier alpha value is -2.27. The minimum atomic E-state index is -1.90. The summed E-state index contributed by atoms with van der Waals surface area (Å²) in [5, 5.41) is 88.3. The van der Waals surface area contributed by atoms with E-state index >= 15 is 0 Å². The molecule has 2 heterocycles. The summed E-state index contributed by atoms with van der Waals surface area (Å²) in [5.41, 5.74) is -0.424. The van der Waals surface area contributed by atoms with Crippen molar-refractivity contribution in [2.45, 2.75) is 68.3 Å². The second-order valence-electron chi connectivity index (χ2n) is 7.80. The number of aliphatic hydroxyl groups is 6. The minimum Gasteiger partial charge on any atom is -0.504 e. The lowest BCUT2D eigenvalue weighted by Crippen LogP contribution is -2.61. The van der Waals surface area contributed by atoms with Crippen LogP contribution in [0.5, 0.6) is 17.2 Å². The zero-order chi connectivity index (χ0) is 24.6. The van der Waals surface area contributed by atoms with Crippen LogP contribution in [0.25, 0.3) is 0 Å². The van der Waals surface area contributed by atoms with Crippen LogP contribution in [0.1, 0.15) is 17.3 Å². The van der Waals surface area contributed by atoms with E-state index in [0.717, 1.165) is 12.1 Å². The summed E-state index contributed by atoms with van der Waals surface area (Å²) in [6.45, 7) is 0.869. The first-order valence-electron chi connectivity index (χ1n) is 9.89. The standard InChI is InChI=1S/C19H26O14/c1-5-10(22)13(25)15(27)18(31-5)30-4-9-12(24)14(26)16(28)19(32-9)33-17(29)6-2-7(20)11(23)8(21)3-6/h2-3,5,9-10,12-16,18-28H,4H2,1H3. The fourth-order valence-corrected chi connectivity index (χ4v) is 3.39. The highest BCUT2D eigenvalue weighted by Gasteiger charge is 2.47. The molecule has 0 aromatic heterocycles. The average molecular weight is 478 g/mol. The molecule has 10 unspecified atom stereocenters. The molecular weight excluding hydrogens is 452 g/mol. The minimum absolute atomic E-state index is 0.424. The first-order chi connectivity index (χ1) is 15.4. The Morgan fingerprint density at radius 3 is 1.97 bits per heavy atom. The topological polar surface area (TPSA) is 236 Å². The number of rotatable bonds is 5. The molecule has 186 valence electrons. The van der Waals surface area contributed by atoms with Crippen molar-refractivity contribution in [2.24, 2.45) is 0 Å². The van der Waals surface area contributed by atoms with Gasteiger partial charge in [-0.15, -0.1) is 0 Å². The van der Waals surface area contributed by atoms with Crippen molar-refractivity contribution < 1.29 is 69.7 Å². The molecule has 2 aliphatic heterocycles. The van der Waals surface area contributed by atoms with Gasteiger partial charge in [-0.2, -0.15) is 0 Å². The van der Waals surface area contributed by atoms with Crippen molar-refractivity contribution in [1.82, 2.24) is 0 Å². The lowest BCUT2D eigenvalue weighted by atomic mass is 9.98. The summed E-state index contributed by atoms with van der Waals surface area (Å²) in [7, 11) is 0. The fraction of sp³-hybridized carbons (Fsp3) is 0.632. The number of hydrogen-bond acceptors (Lipinski definition) is 14. The van der Waals surface area contributed by atoms with Crippen LogP contribution in [-0.2, 0) is 18.9 Å². The Morgan fingerprint density at radius 1 is 0.818 bits per heavy atom. The molecule has 1 aromatic carbocycles. The predicted molar refractivity (Wildman–Crippen MR) is 102 cm³/mol. The molecule has 0 spiro atoms. The molecule has 1 aromatic rings. The predicted octanol–water partition coefficient (Wildman–Crippen LogP) is -3.39. The maximum Gasteiger partial charge on any atom is 0.340 e. The molecule has 14 nitrogen and oxygen atoms in total. The highest BCUT2D eigenvalue weighted by molar-refractivity contribution is 5.91. The maximum absolute atomic E-state index is 12.3. The zero-order valence-corrected chi connectivity index (χ0v) is 17.2. The molecule has 0 amide bonds. The van der Waals surface area contributed by atoms with Gasteiger partial charge in [-0.3, -0.25) is 0 Å². The van der Waals surface area contributed by atoms with E-state index in [4.69, 9.17) is 18.9 Å². The van der Waals surface area contributed by atoms with E-state index < -0.39 is 96.8 Å². The number of phenols is 3. The molecule has 2 aliphatic rings. The van der Waals surface area contributed by atoms with Gasteiger partial charge in [0.2, 0.25) is 6.29 Å². The molecule has 3 rings (SSSR count). The Bertz CT molecular complexity index is 825. The van der Waals surface area contributed by atoms with Crippen LogP contribution < -0.4 is 0 Å². The third-order valence-electron chi connectivity index (χ3n) is 5.43. The first kappa shape index (κ1) is 25.4. The van der Waals surface area contributed by atoms with Crippen LogP contribution >= 0.6 is 0 Å². The fourth-order valence-electron chi connectivity index (χ4n) is 3.39. The van der Waals surface area contributed by atoms with Gasteiger partial charge in [0.25, 0.3) is 0 Å². The van der Waals surface area contributed by atoms with Crippen LogP contribution in [0.15, 0.2) is 12.1 Å². The van der Waals surface area contributed by atoms with Gasteiger partial charge < -0.3 is 64.9 Å². The number of carbonyl (C=O) groups excluding carboxylic acids is 1.